The van der Waals surface area contributed by atoms with E-state index in [1.54, 1.807) is 12.1 Å². The lowest BCUT2D eigenvalue weighted by atomic mass is 10.0. The second-order valence-electron chi connectivity index (χ2n) is 4.83. The van der Waals surface area contributed by atoms with Crippen LogP contribution in [0, 0.1) is 6.42 Å². The summed E-state index contributed by atoms with van der Waals surface area (Å²) in [5.74, 6) is -3.10. The Labute approximate surface area is 124 Å². The molecular formula is C14H10N3O5. The number of rotatable bonds is 1. The molecule has 0 aromatic heterocycles. The zero-order valence-electron chi connectivity index (χ0n) is 11.2. The van der Waals surface area contributed by atoms with Crippen LogP contribution in [0.3, 0.4) is 0 Å². The molecule has 111 valence electrons. The van der Waals surface area contributed by atoms with Crippen LogP contribution in [0.2, 0.25) is 0 Å². The first-order valence-corrected chi connectivity index (χ1v) is 6.41. The van der Waals surface area contributed by atoms with Gasteiger partial charge >= 0.3 is 6.03 Å². The van der Waals surface area contributed by atoms with E-state index in [1.165, 1.54) is 12.1 Å². The van der Waals surface area contributed by atoms with Gasteiger partial charge in [0.1, 0.15) is 6.04 Å². The van der Waals surface area contributed by atoms with Crippen LogP contribution in [0.15, 0.2) is 24.3 Å². The van der Waals surface area contributed by atoms with E-state index in [2.05, 4.69) is 0 Å². The molecule has 0 spiro atoms. The van der Waals surface area contributed by atoms with Gasteiger partial charge in [-0.3, -0.25) is 24.1 Å². The van der Waals surface area contributed by atoms with Crippen molar-refractivity contribution in [2.24, 2.45) is 5.73 Å². The minimum Gasteiger partial charge on any atom is -0.351 e. The Hall–Kier alpha value is -3.03. The molecule has 6 amide bonds. The number of hydrogen-bond donors (Lipinski definition) is 1. The van der Waals surface area contributed by atoms with Gasteiger partial charge in [0.15, 0.2) is 0 Å². The van der Waals surface area contributed by atoms with Crippen molar-refractivity contribution in [3.63, 3.8) is 0 Å². The van der Waals surface area contributed by atoms with Crippen LogP contribution in [0.1, 0.15) is 27.1 Å². The number of urea groups is 1. The topological polar surface area (TPSA) is 118 Å². The standard InChI is InChI=1S/C14H10N3O5/c15-14(22)17-10(18)6-5-9(13(17)21)16-11(19)7-3-1-2-4-8(7)12(16)20/h1-4,6,9H,5H2,(H2,15,22). The van der Waals surface area contributed by atoms with Gasteiger partial charge in [-0.15, -0.1) is 0 Å². The smallest absolute Gasteiger partial charge is 0.328 e. The molecule has 1 fully saturated rings. The lowest BCUT2D eigenvalue weighted by Gasteiger charge is -2.32. The molecule has 2 aliphatic rings. The van der Waals surface area contributed by atoms with Crippen molar-refractivity contribution in [2.75, 3.05) is 0 Å². The number of fused-ring (bicyclic) bond motifs is 1. The molecule has 0 aliphatic carbocycles. The van der Waals surface area contributed by atoms with Crippen molar-refractivity contribution in [3.05, 3.63) is 41.8 Å². The Kier molecular flexibility index (Phi) is 3.01. The molecular weight excluding hydrogens is 290 g/mol. The lowest BCUT2D eigenvalue weighted by Crippen LogP contribution is -2.59. The van der Waals surface area contributed by atoms with Crippen molar-refractivity contribution in [2.45, 2.75) is 12.5 Å². The Balaban J connectivity index is 1.97. The van der Waals surface area contributed by atoms with Crippen LogP contribution in [0.4, 0.5) is 4.79 Å². The van der Waals surface area contributed by atoms with Gasteiger partial charge in [0.05, 0.1) is 17.5 Å². The summed E-state index contributed by atoms with van der Waals surface area (Å²) in [7, 11) is 0. The second kappa shape index (κ2) is 4.76. The highest BCUT2D eigenvalue weighted by atomic mass is 16.2. The minimum atomic E-state index is -1.25. The summed E-state index contributed by atoms with van der Waals surface area (Å²) < 4.78 is 0. The first kappa shape index (κ1) is 13.9. The van der Waals surface area contributed by atoms with Crippen LogP contribution in [-0.4, -0.2) is 45.5 Å². The van der Waals surface area contributed by atoms with Crippen LogP contribution < -0.4 is 5.73 Å². The Morgan fingerprint density at radius 2 is 1.59 bits per heavy atom. The van der Waals surface area contributed by atoms with E-state index in [-0.39, 0.29) is 22.4 Å². The van der Waals surface area contributed by atoms with E-state index in [4.69, 9.17) is 5.73 Å². The first-order valence-electron chi connectivity index (χ1n) is 6.41. The van der Waals surface area contributed by atoms with Crippen molar-refractivity contribution in [1.82, 2.24) is 9.80 Å². The first-order chi connectivity index (χ1) is 10.4. The van der Waals surface area contributed by atoms with Gasteiger partial charge in [0.2, 0.25) is 5.91 Å². The van der Waals surface area contributed by atoms with Crippen molar-refractivity contribution >= 4 is 29.7 Å². The summed E-state index contributed by atoms with van der Waals surface area (Å²) in [5.41, 5.74) is 5.37. The molecule has 2 aliphatic heterocycles. The highest BCUT2D eigenvalue weighted by molar-refractivity contribution is 6.25. The zero-order chi connectivity index (χ0) is 16.0. The number of piperidine rings is 1. The molecule has 1 unspecified atom stereocenters. The van der Waals surface area contributed by atoms with Gasteiger partial charge in [-0.05, 0) is 18.6 Å². The van der Waals surface area contributed by atoms with Crippen LogP contribution in [0.5, 0.6) is 0 Å². The zero-order valence-corrected chi connectivity index (χ0v) is 11.2. The molecule has 1 aromatic carbocycles. The lowest BCUT2D eigenvalue weighted by molar-refractivity contribution is -0.144. The Bertz CT molecular complexity index is 707. The number of likely N-dealkylation sites (tertiary alicyclic amines) is 1. The predicted octanol–water partition coefficient (Wildman–Crippen LogP) is -0.307. The van der Waals surface area contributed by atoms with E-state index in [0.29, 0.717) is 0 Å². The second-order valence-corrected chi connectivity index (χ2v) is 4.83. The quantitative estimate of drug-likeness (QED) is 0.714. The highest BCUT2D eigenvalue weighted by Crippen LogP contribution is 2.28. The molecule has 1 radical (unpaired) electrons. The summed E-state index contributed by atoms with van der Waals surface area (Å²) >= 11 is 0. The predicted molar refractivity (Wildman–Crippen MR) is 71.1 cm³/mol. The molecule has 1 saturated heterocycles. The molecule has 8 heteroatoms. The van der Waals surface area contributed by atoms with Gasteiger partial charge in [-0.1, -0.05) is 12.1 Å². The van der Waals surface area contributed by atoms with E-state index in [9.17, 15) is 24.0 Å². The van der Waals surface area contributed by atoms with Crippen LogP contribution >= 0.6 is 0 Å². The van der Waals surface area contributed by atoms with Crippen LogP contribution in [-0.2, 0) is 9.59 Å². The van der Waals surface area contributed by atoms with E-state index >= 15 is 0 Å². The SMILES string of the molecule is NC(=O)N1C(=O)[CH]CC(N2C(=O)c3ccccc3C2=O)C1=O. The molecule has 0 bridgehead atoms. The fourth-order valence-electron chi connectivity index (χ4n) is 2.59. The third kappa shape index (κ3) is 1.80. The van der Waals surface area contributed by atoms with Crippen molar-refractivity contribution in [1.29, 1.82) is 0 Å². The summed E-state index contributed by atoms with van der Waals surface area (Å²) in [4.78, 5) is 60.7. The maximum atomic E-state index is 12.3. The summed E-state index contributed by atoms with van der Waals surface area (Å²) in [6.45, 7) is 0. The van der Waals surface area contributed by atoms with Crippen molar-refractivity contribution in [3.8, 4) is 0 Å². The summed E-state index contributed by atoms with van der Waals surface area (Å²) in [6, 6.07) is 3.65. The number of nitrogens with zero attached hydrogens (tertiary/aromatic N) is 2. The maximum absolute atomic E-state index is 12.3. The van der Waals surface area contributed by atoms with Crippen molar-refractivity contribution < 1.29 is 24.0 Å². The molecule has 22 heavy (non-hydrogen) atoms. The highest BCUT2D eigenvalue weighted by Gasteiger charge is 2.48. The summed E-state index contributed by atoms with van der Waals surface area (Å²) in [5, 5.41) is 0. The average Bonchev–Trinajstić information content (AvgIpc) is 2.72. The monoisotopic (exact) mass is 300 g/mol. The van der Waals surface area contributed by atoms with E-state index in [0.717, 1.165) is 11.3 Å². The van der Waals surface area contributed by atoms with Gasteiger partial charge < -0.3 is 5.73 Å². The molecule has 2 heterocycles. The number of nitrogens with two attached hydrogens (primary N) is 1. The number of amides is 6. The number of carbonyl (C=O) groups excluding carboxylic acids is 5. The Morgan fingerprint density at radius 3 is 2.09 bits per heavy atom. The Morgan fingerprint density at radius 1 is 1.05 bits per heavy atom. The van der Waals surface area contributed by atoms with Gasteiger partial charge in [-0.2, -0.15) is 4.90 Å². The van der Waals surface area contributed by atoms with E-state index in [1.807, 2.05) is 0 Å². The van der Waals surface area contributed by atoms with Gasteiger partial charge in [0.25, 0.3) is 17.7 Å². The minimum absolute atomic E-state index is 0.146. The number of primary amides is 1. The maximum Gasteiger partial charge on any atom is 0.328 e. The third-order valence-corrected chi connectivity index (χ3v) is 3.60. The number of imide groups is 4. The molecule has 3 rings (SSSR count). The molecule has 8 nitrogen and oxygen atoms in total. The molecule has 1 aromatic rings. The largest absolute Gasteiger partial charge is 0.351 e. The number of carbonyl (C=O) groups is 5. The van der Waals surface area contributed by atoms with Gasteiger partial charge in [0, 0.05) is 0 Å². The number of benzene rings is 1. The van der Waals surface area contributed by atoms with E-state index < -0.39 is 35.7 Å². The number of hydrogen-bond acceptors (Lipinski definition) is 5. The fraction of sp³-hybridized carbons (Fsp3) is 0.143. The molecule has 1 atom stereocenters. The normalized spacial score (nSPS) is 21.4. The summed E-state index contributed by atoms with van der Waals surface area (Å²) in [6.07, 6.45) is 0.910. The fourth-order valence-corrected chi connectivity index (χ4v) is 2.59. The van der Waals surface area contributed by atoms with Gasteiger partial charge in [-0.25, -0.2) is 4.79 Å². The molecule has 0 saturated carbocycles. The third-order valence-electron chi connectivity index (χ3n) is 3.60. The molecule has 2 N–H and O–H groups in total. The average molecular weight is 300 g/mol. The van der Waals surface area contributed by atoms with Crippen LogP contribution in [0.25, 0.3) is 0 Å².